The van der Waals surface area contributed by atoms with E-state index in [4.69, 9.17) is 4.74 Å². The molecule has 0 aliphatic heterocycles. The number of methoxy groups -OCH3 is 1. The van der Waals surface area contributed by atoms with Crippen LogP contribution in [0.4, 0.5) is 0 Å². The lowest BCUT2D eigenvalue weighted by molar-refractivity contribution is 0.103. The molecule has 2 unspecified atom stereocenters. The number of nitrogens with one attached hydrogen (secondary N) is 1. The Labute approximate surface area is 86.8 Å². The van der Waals surface area contributed by atoms with E-state index in [2.05, 4.69) is 19.2 Å². The third kappa shape index (κ3) is 2.94. The van der Waals surface area contributed by atoms with Gasteiger partial charge in [0.15, 0.2) is 0 Å². The molecule has 14 heavy (non-hydrogen) atoms. The molecule has 84 valence electrons. The second kappa shape index (κ2) is 5.10. The fraction of sp³-hybridized carbons (Fsp3) is 1.00. The van der Waals surface area contributed by atoms with Crippen molar-refractivity contribution < 1.29 is 9.84 Å². The summed E-state index contributed by atoms with van der Waals surface area (Å²) in [6.45, 7) is 5.20. The van der Waals surface area contributed by atoms with Gasteiger partial charge in [0, 0.05) is 18.7 Å². The predicted octanol–water partition coefficient (Wildman–Crippen LogP) is 1.16. The van der Waals surface area contributed by atoms with Crippen molar-refractivity contribution in [2.45, 2.75) is 44.7 Å². The quantitative estimate of drug-likeness (QED) is 0.649. The van der Waals surface area contributed by atoms with Crippen molar-refractivity contribution in [2.24, 2.45) is 5.92 Å². The van der Waals surface area contributed by atoms with Crippen molar-refractivity contribution in [3.05, 3.63) is 0 Å². The van der Waals surface area contributed by atoms with Gasteiger partial charge < -0.3 is 15.2 Å². The van der Waals surface area contributed by atoms with Crippen LogP contribution in [0.3, 0.4) is 0 Å². The maximum atomic E-state index is 9.41. The topological polar surface area (TPSA) is 41.5 Å². The Morgan fingerprint density at radius 2 is 2.21 bits per heavy atom. The normalized spacial score (nSPS) is 23.1. The summed E-state index contributed by atoms with van der Waals surface area (Å²) in [6, 6.07) is 0.359. The van der Waals surface area contributed by atoms with Crippen LogP contribution in [0.5, 0.6) is 0 Å². The summed E-state index contributed by atoms with van der Waals surface area (Å²) in [5, 5.41) is 12.9. The highest BCUT2D eigenvalue weighted by Crippen LogP contribution is 2.39. The van der Waals surface area contributed by atoms with Crippen molar-refractivity contribution in [1.29, 1.82) is 0 Å². The maximum absolute atomic E-state index is 9.41. The first-order valence-electron chi connectivity index (χ1n) is 5.53. The van der Waals surface area contributed by atoms with Crippen LogP contribution in [-0.4, -0.2) is 37.0 Å². The Balaban J connectivity index is 2.44. The zero-order valence-corrected chi connectivity index (χ0v) is 9.55. The third-order valence-electron chi connectivity index (χ3n) is 3.20. The molecule has 0 spiro atoms. The lowest BCUT2D eigenvalue weighted by Crippen LogP contribution is -2.53. The Morgan fingerprint density at radius 3 is 2.57 bits per heavy atom. The molecule has 3 heteroatoms. The number of hydrogen-bond donors (Lipinski definition) is 2. The summed E-state index contributed by atoms with van der Waals surface area (Å²) in [6.07, 6.45) is 3.52. The van der Waals surface area contributed by atoms with Crippen LogP contribution >= 0.6 is 0 Å². The smallest absolute Gasteiger partial charge is 0.0615 e. The molecule has 0 aromatic carbocycles. The molecule has 1 aliphatic carbocycles. The molecular formula is C11H23NO2. The van der Waals surface area contributed by atoms with Gasteiger partial charge in [0.05, 0.1) is 13.2 Å². The average Bonchev–Trinajstić information content (AvgIpc) is 3.00. The monoisotopic (exact) mass is 201 g/mol. The summed E-state index contributed by atoms with van der Waals surface area (Å²) in [5.41, 5.74) is -0.0980. The highest BCUT2D eigenvalue weighted by molar-refractivity contribution is 4.98. The number of aliphatic hydroxyl groups is 1. The standard InChI is InChI=1S/C11H23NO2/c1-4-10(7-14-3)12-11(2,8-13)9-5-6-9/h9-10,12-13H,4-8H2,1-3H3. The lowest BCUT2D eigenvalue weighted by Gasteiger charge is -2.33. The molecule has 0 radical (unpaired) electrons. The van der Waals surface area contributed by atoms with Gasteiger partial charge in [-0.05, 0) is 32.1 Å². The molecule has 0 heterocycles. The molecule has 1 fully saturated rings. The number of rotatable bonds is 7. The molecule has 0 bridgehead atoms. The summed E-state index contributed by atoms with van der Waals surface area (Å²) in [4.78, 5) is 0. The van der Waals surface area contributed by atoms with Gasteiger partial charge in [-0.15, -0.1) is 0 Å². The van der Waals surface area contributed by atoms with Crippen molar-refractivity contribution in [3.63, 3.8) is 0 Å². The van der Waals surface area contributed by atoms with E-state index in [0.29, 0.717) is 12.0 Å². The second-order valence-corrected chi connectivity index (χ2v) is 4.55. The summed E-state index contributed by atoms with van der Waals surface area (Å²) >= 11 is 0. The van der Waals surface area contributed by atoms with Crippen molar-refractivity contribution >= 4 is 0 Å². The Bertz CT molecular complexity index is 171. The number of aliphatic hydroxyl groups excluding tert-OH is 1. The second-order valence-electron chi connectivity index (χ2n) is 4.55. The number of hydrogen-bond acceptors (Lipinski definition) is 3. The molecule has 1 saturated carbocycles. The van der Waals surface area contributed by atoms with E-state index in [1.54, 1.807) is 7.11 Å². The molecule has 3 nitrogen and oxygen atoms in total. The zero-order chi connectivity index (χ0) is 10.6. The number of ether oxygens (including phenoxy) is 1. The van der Waals surface area contributed by atoms with Crippen LogP contribution in [0.25, 0.3) is 0 Å². The minimum absolute atomic E-state index is 0.0980. The first kappa shape index (κ1) is 12.0. The van der Waals surface area contributed by atoms with Crippen molar-refractivity contribution in [2.75, 3.05) is 20.3 Å². The van der Waals surface area contributed by atoms with Gasteiger partial charge in [-0.2, -0.15) is 0 Å². The van der Waals surface area contributed by atoms with Crippen LogP contribution in [0, 0.1) is 5.92 Å². The van der Waals surface area contributed by atoms with Gasteiger partial charge in [0.1, 0.15) is 0 Å². The van der Waals surface area contributed by atoms with Gasteiger partial charge in [-0.1, -0.05) is 6.92 Å². The SMILES string of the molecule is CCC(COC)NC(C)(CO)C1CC1. The minimum atomic E-state index is -0.0980. The van der Waals surface area contributed by atoms with E-state index in [9.17, 15) is 5.11 Å². The van der Waals surface area contributed by atoms with Gasteiger partial charge >= 0.3 is 0 Å². The van der Waals surface area contributed by atoms with Gasteiger partial charge in [0.25, 0.3) is 0 Å². The summed E-state index contributed by atoms with van der Waals surface area (Å²) in [7, 11) is 1.72. The molecular weight excluding hydrogens is 178 g/mol. The molecule has 0 aromatic heterocycles. The van der Waals surface area contributed by atoms with Crippen molar-refractivity contribution in [3.8, 4) is 0 Å². The zero-order valence-electron chi connectivity index (χ0n) is 9.55. The largest absolute Gasteiger partial charge is 0.394 e. The maximum Gasteiger partial charge on any atom is 0.0615 e. The van der Waals surface area contributed by atoms with Gasteiger partial charge in [-0.3, -0.25) is 0 Å². The highest BCUT2D eigenvalue weighted by Gasteiger charge is 2.41. The average molecular weight is 201 g/mol. The van der Waals surface area contributed by atoms with E-state index in [0.717, 1.165) is 13.0 Å². The Kier molecular flexibility index (Phi) is 4.35. The first-order valence-corrected chi connectivity index (χ1v) is 5.53. The van der Waals surface area contributed by atoms with Crippen LogP contribution in [0.15, 0.2) is 0 Å². The van der Waals surface area contributed by atoms with Crippen LogP contribution < -0.4 is 5.32 Å². The molecule has 0 amide bonds. The third-order valence-corrected chi connectivity index (χ3v) is 3.20. The predicted molar refractivity (Wildman–Crippen MR) is 57.3 cm³/mol. The van der Waals surface area contributed by atoms with Crippen LogP contribution in [0.1, 0.15) is 33.1 Å². The molecule has 2 atom stereocenters. The molecule has 1 rings (SSSR count). The fourth-order valence-corrected chi connectivity index (χ4v) is 1.94. The first-order chi connectivity index (χ1) is 6.66. The highest BCUT2D eigenvalue weighted by atomic mass is 16.5. The molecule has 0 aromatic rings. The summed E-state index contributed by atoms with van der Waals surface area (Å²) in [5.74, 6) is 0.651. The molecule has 2 N–H and O–H groups in total. The Hall–Kier alpha value is -0.120. The fourth-order valence-electron chi connectivity index (χ4n) is 1.94. The van der Waals surface area contributed by atoms with Crippen LogP contribution in [0.2, 0.25) is 0 Å². The molecule has 1 aliphatic rings. The van der Waals surface area contributed by atoms with Crippen LogP contribution in [-0.2, 0) is 4.74 Å². The van der Waals surface area contributed by atoms with E-state index in [1.165, 1.54) is 12.8 Å². The van der Waals surface area contributed by atoms with E-state index in [-0.39, 0.29) is 12.1 Å². The minimum Gasteiger partial charge on any atom is -0.394 e. The van der Waals surface area contributed by atoms with Crippen molar-refractivity contribution in [1.82, 2.24) is 5.32 Å². The molecule has 0 saturated heterocycles. The van der Waals surface area contributed by atoms with E-state index in [1.807, 2.05) is 0 Å². The Morgan fingerprint density at radius 1 is 1.57 bits per heavy atom. The summed E-state index contributed by atoms with van der Waals surface area (Å²) < 4.78 is 5.14. The van der Waals surface area contributed by atoms with E-state index < -0.39 is 0 Å². The van der Waals surface area contributed by atoms with E-state index >= 15 is 0 Å². The lowest BCUT2D eigenvalue weighted by atomic mass is 9.95. The van der Waals surface area contributed by atoms with Gasteiger partial charge in [0.2, 0.25) is 0 Å². The van der Waals surface area contributed by atoms with Gasteiger partial charge in [-0.25, -0.2) is 0 Å².